The van der Waals surface area contributed by atoms with Crippen LogP contribution in [0.5, 0.6) is 0 Å². The molecule has 1 aliphatic carbocycles. The number of esters is 2. The molecule has 1 heterocycles. The molecule has 2 rings (SSSR count). The van der Waals surface area contributed by atoms with Crippen LogP contribution in [0.4, 0.5) is 4.79 Å². The summed E-state index contributed by atoms with van der Waals surface area (Å²) in [4.78, 5) is 54.4. The van der Waals surface area contributed by atoms with E-state index in [1.165, 1.54) is 18.7 Å². The van der Waals surface area contributed by atoms with Gasteiger partial charge in [0.1, 0.15) is 22.8 Å². The number of hydrogen-bond acceptors (Lipinski definition) is 8. The minimum Gasteiger partial charge on any atom is -0.481 e. The van der Waals surface area contributed by atoms with Crippen molar-refractivity contribution in [1.29, 1.82) is 0 Å². The molecule has 1 saturated heterocycles. The highest BCUT2D eigenvalue weighted by Gasteiger charge is 2.36. The van der Waals surface area contributed by atoms with E-state index in [0.29, 0.717) is 13.0 Å². The van der Waals surface area contributed by atoms with Crippen molar-refractivity contribution in [3.8, 4) is 0 Å². The Morgan fingerprint density at radius 3 is 1.23 bits per heavy atom. The fourth-order valence-corrected chi connectivity index (χ4v) is 3.60. The number of likely N-dealkylation sites (tertiary alicyclic amines) is 1. The zero-order chi connectivity index (χ0) is 31.2. The highest BCUT2D eigenvalue weighted by molar-refractivity contribution is 5.80. The van der Waals surface area contributed by atoms with Crippen LogP contribution in [0.3, 0.4) is 0 Å². The Hall–Kier alpha value is -2.85. The number of carboxylic acid groups (broad SMARTS) is 2. The molecule has 1 atom stereocenters. The Labute approximate surface area is 233 Å². The van der Waals surface area contributed by atoms with Crippen molar-refractivity contribution in [3.05, 3.63) is 0 Å². The number of ether oxygens (including phenoxy) is 3. The molecule has 1 aliphatic heterocycles. The molecule has 2 N–H and O–H groups in total. The lowest BCUT2D eigenvalue weighted by molar-refractivity contribution is -0.153. The molecule has 0 bridgehead atoms. The van der Waals surface area contributed by atoms with Gasteiger partial charge in [0.2, 0.25) is 0 Å². The number of carbonyl (C=O) groups excluding carboxylic acids is 3. The fraction of sp³-hybridized carbons (Fsp3) is 0.821. The quantitative estimate of drug-likeness (QED) is 0.329. The van der Waals surface area contributed by atoms with Gasteiger partial charge in [-0.1, -0.05) is 12.8 Å². The first-order chi connectivity index (χ1) is 17.4. The van der Waals surface area contributed by atoms with Crippen LogP contribution in [0.1, 0.15) is 115 Å². The highest BCUT2D eigenvalue weighted by atomic mass is 16.6. The van der Waals surface area contributed by atoms with E-state index in [0.717, 1.165) is 32.1 Å². The van der Waals surface area contributed by atoms with Crippen molar-refractivity contribution in [1.82, 2.24) is 4.90 Å². The van der Waals surface area contributed by atoms with Crippen LogP contribution in [0.15, 0.2) is 0 Å². The largest absolute Gasteiger partial charge is 0.481 e. The molecule has 2 fully saturated rings. The number of rotatable bonds is 2. The second kappa shape index (κ2) is 17.0. The first-order valence-electron chi connectivity index (χ1n) is 13.3. The molecule has 0 radical (unpaired) electrons. The summed E-state index contributed by atoms with van der Waals surface area (Å²) in [6.45, 7) is 19.6. The van der Waals surface area contributed by atoms with Crippen LogP contribution in [-0.4, -0.2) is 74.5 Å². The molecule has 0 aromatic carbocycles. The van der Waals surface area contributed by atoms with Gasteiger partial charge in [0.15, 0.2) is 0 Å². The number of nitrogens with zero attached hydrogens (tertiary/aromatic N) is 1. The van der Waals surface area contributed by atoms with Gasteiger partial charge in [-0.25, -0.2) is 9.59 Å². The summed E-state index contributed by atoms with van der Waals surface area (Å²) in [5.74, 6) is -2.04. The summed E-state index contributed by atoms with van der Waals surface area (Å²) < 4.78 is 14.7. The standard InChI is InChI=1S/C10H17NO4.C6H10O2.2C6H12O2/c1-10(2,3)15-9(14)11-6-4-5-7(11)8(12)13;7-6(8)5-3-1-2-4-5;2*1-5(7)8-6(2,3)4/h7H,4-6H2,1-3H3,(H,12,13);5H,1-4H2,(H,7,8);2*1-4H3. The van der Waals surface area contributed by atoms with Crippen molar-refractivity contribution >= 4 is 30.0 Å². The predicted molar refractivity (Wildman–Crippen MR) is 146 cm³/mol. The SMILES string of the molecule is CC(=O)OC(C)(C)C.CC(=O)OC(C)(C)C.CC(C)(C)OC(=O)N1CCCC1C(=O)O.O=C(O)C1CCCC1. The normalized spacial score (nSPS) is 17.2. The summed E-state index contributed by atoms with van der Waals surface area (Å²) in [5.41, 5.74) is -1.24. The summed E-state index contributed by atoms with van der Waals surface area (Å²) >= 11 is 0. The third-order valence-electron chi connectivity index (χ3n) is 4.77. The molecule has 2 aliphatic rings. The maximum absolute atomic E-state index is 11.6. The van der Waals surface area contributed by atoms with E-state index in [9.17, 15) is 24.0 Å². The first-order valence-corrected chi connectivity index (χ1v) is 13.3. The van der Waals surface area contributed by atoms with Gasteiger partial charge in [0.25, 0.3) is 0 Å². The Kier molecular flexibility index (Phi) is 16.7. The molecule has 0 aromatic rings. The molecule has 0 spiro atoms. The number of carboxylic acids is 2. The van der Waals surface area contributed by atoms with Gasteiger partial charge >= 0.3 is 30.0 Å². The monoisotopic (exact) mass is 561 g/mol. The number of aliphatic carboxylic acids is 2. The summed E-state index contributed by atoms with van der Waals surface area (Å²) in [5, 5.41) is 17.3. The van der Waals surface area contributed by atoms with Gasteiger partial charge in [0.05, 0.1) is 5.92 Å². The Morgan fingerprint density at radius 2 is 1.00 bits per heavy atom. The Morgan fingerprint density at radius 1 is 0.615 bits per heavy atom. The summed E-state index contributed by atoms with van der Waals surface area (Å²) in [7, 11) is 0. The molecule has 1 unspecified atom stereocenters. The van der Waals surface area contributed by atoms with Gasteiger partial charge in [0, 0.05) is 20.4 Å². The lowest BCUT2D eigenvalue weighted by Crippen LogP contribution is -2.43. The van der Waals surface area contributed by atoms with Crippen LogP contribution in [0.25, 0.3) is 0 Å². The van der Waals surface area contributed by atoms with Gasteiger partial charge in [-0.15, -0.1) is 0 Å². The van der Waals surface area contributed by atoms with Gasteiger partial charge in [-0.2, -0.15) is 0 Å². The second-order valence-electron chi connectivity index (χ2n) is 12.4. The molecule has 0 aromatic heterocycles. The average molecular weight is 562 g/mol. The number of carbonyl (C=O) groups is 5. The predicted octanol–water partition coefficient (Wildman–Crippen LogP) is 5.43. The summed E-state index contributed by atoms with van der Waals surface area (Å²) in [6, 6.07) is -0.722. The third kappa shape index (κ3) is 22.8. The highest BCUT2D eigenvalue weighted by Crippen LogP contribution is 2.24. The first kappa shape index (κ1) is 38.3. The Bertz CT molecular complexity index is 771. The van der Waals surface area contributed by atoms with Crippen molar-refractivity contribution in [3.63, 3.8) is 0 Å². The zero-order valence-electron chi connectivity index (χ0n) is 25.7. The second-order valence-corrected chi connectivity index (χ2v) is 12.4. The van der Waals surface area contributed by atoms with E-state index in [2.05, 4.69) is 0 Å². The minimum atomic E-state index is -0.960. The molecule has 1 saturated carbocycles. The smallest absolute Gasteiger partial charge is 0.411 e. The van der Waals surface area contributed by atoms with Crippen molar-refractivity contribution in [2.75, 3.05) is 6.54 Å². The van der Waals surface area contributed by atoms with E-state index in [1.807, 2.05) is 41.5 Å². The fourth-order valence-electron chi connectivity index (χ4n) is 3.60. The van der Waals surface area contributed by atoms with Crippen molar-refractivity contribution < 1.29 is 48.4 Å². The van der Waals surface area contributed by atoms with E-state index in [1.54, 1.807) is 20.8 Å². The number of amides is 1. The molecular formula is C28H51NO10. The van der Waals surface area contributed by atoms with E-state index < -0.39 is 29.7 Å². The van der Waals surface area contributed by atoms with Crippen LogP contribution in [0, 0.1) is 5.92 Å². The zero-order valence-corrected chi connectivity index (χ0v) is 25.7. The molecule has 11 nitrogen and oxygen atoms in total. The van der Waals surface area contributed by atoms with Gasteiger partial charge in [-0.05, 0) is 88.0 Å². The Balaban J connectivity index is 0. The van der Waals surface area contributed by atoms with E-state index in [-0.39, 0.29) is 29.1 Å². The summed E-state index contributed by atoms with van der Waals surface area (Å²) in [6.07, 6.45) is 4.70. The molecule has 1 amide bonds. The topological polar surface area (TPSA) is 157 Å². The van der Waals surface area contributed by atoms with Crippen molar-refractivity contribution in [2.24, 2.45) is 5.92 Å². The van der Waals surface area contributed by atoms with Crippen LogP contribution < -0.4 is 0 Å². The van der Waals surface area contributed by atoms with E-state index >= 15 is 0 Å². The lowest BCUT2D eigenvalue weighted by Gasteiger charge is -2.26. The lowest BCUT2D eigenvalue weighted by atomic mass is 10.1. The minimum absolute atomic E-state index is 0.0185. The van der Waals surface area contributed by atoms with E-state index in [4.69, 9.17) is 24.4 Å². The maximum atomic E-state index is 11.6. The molecule has 228 valence electrons. The molecule has 39 heavy (non-hydrogen) atoms. The van der Waals surface area contributed by atoms with Crippen LogP contribution in [0.2, 0.25) is 0 Å². The molecular weight excluding hydrogens is 510 g/mol. The van der Waals surface area contributed by atoms with Gasteiger partial charge < -0.3 is 24.4 Å². The maximum Gasteiger partial charge on any atom is 0.411 e. The van der Waals surface area contributed by atoms with Crippen LogP contribution >= 0.6 is 0 Å². The number of hydrogen-bond donors (Lipinski definition) is 2. The van der Waals surface area contributed by atoms with Crippen LogP contribution in [-0.2, 0) is 33.4 Å². The van der Waals surface area contributed by atoms with Gasteiger partial charge in [-0.3, -0.25) is 19.3 Å². The molecule has 11 heteroatoms. The third-order valence-corrected chi connectivity index (χ3v) is 4.77. The average Bonchev–Trinajstić information content (AvgIpc) is 3.36. The van der Waals surface area contributed by atoms with Crippen molar-refractivity contribution in [2.45, 2.75) is 138 Å².